The minimum absolute atomic E-state index is 0.544. The molecule has 0 bridgehead atoms. The van der Waals surface area contributed by atoms with E-state index in [4.69, 9.17) is 25.3 Å². The zero-order valence-corrected chi connectivity index (χ0v) is 8.27. The molecule has 0 fully saturated rings. The second-order valence-corrected chi connectivity index (χ2v) is 4.05. The van der Waals surface area contributed by atoms with Gasteiger partial charge in [-0.2, -0.15) is 0 Å². The van der Waals surface area contributed by atoms with E-state index in [-0.39, 0.29) is 0 Å². The lowest BCUT2D eigenvalue weighted by molar-refractivity contribution is 0.0593. The Morgan fingerprint density at radius 2 is 2.08 bits per heavy atom. The van der Waals surface area contributed by atoms with Crippen molar-refractivity contribution in [3.8, 4) is 0 Å². The minimum atomic E-state index is -4.58. The summed E-state index contributed by atoms with van der Waals surface area (Å²) in [6.07, 6.45) is -1.05. The van der Waals surface area contributed by atoms with Gasteiger partial charge in [0.25, 0.3) is 8.53 Å². The van der Waals surface area contributed by atoms with E-state index in [9.17, 15) is 4.57 Å². The van der Waals surface area contributed by atoms with Gasteiger partial charge in [0, 0.05) is 0 Å². The molecule has 2 unspecified atom stereocenters. The predicted octanol–water partition coefficient (Wildman–Crippen LogP) is -1.35. The zero-order valence-electron chi connectivity index (χ0n) is 6.48. The summed E-state index contributed by atoms with van der Waals surface area (Å²) < 4.78 is 18.7. The maximum absolute atomic E-state index is 10.2. The zero-order chi connectivity index (χ0) is 10.5. The Morgan fingerprint density at radius 1 is 1.54 bits per heavy atom. The highest BCUT2D eigenvalue weighted by Gasteiger charge is 2.19. The van der Waals surface area contributed by atoms with E-state index in [0.29, 0.717) is 0 Å². The molecular weight excluding hydrogens is 224 g/mol. The Hall–Kier alpha value is 0.380. The summed E-state index contributed by atoms with van der Waals surface area (Å²) in [6.45, 7) is -1.10. The van der Waals surface area contributed by atoms with Gasteiger partial charge in [0.05, 0.1) is 13.2 Å². The van der Waals surface area contributed by atoms with Crippen molar-refractivity contribution in [3.63, 3.8) is 0 Å². The standard InChI is InChI=1S/C3H11NO7P2/c4-12(6)11-3(1-5)2-10-13(7,8)9/h3,5-6H,1-2,4H2,(H2,7,8,9). The highest BCUT2D eigenvalue weighted by molar-refractivity contribution is 7.46. The second-order valence-electron chi connectivity index (χ2n) is 2.00. The van der Waals surface area contributed by atoms with Gasteiger partial charge >= 0.3 is 7.82 Å². The molecule has 10 heteroatoms. The number of phosphoric acid groups is 1. The van der Waals surface area contributed by atoms with Crippen LogP contribution in [0.25, 0.3) is 0 Å². The molecule has 13 heavy (non-hydrogen) atoms. The molecule has 0 amide bonds. The van der Waals surface area contributed by atoms with E-state index in [1.54, 1.807) is 0 Å². The smallest absolute Gasteiger partial charge is 0.394 e. The van der Waals surface area contributed by atoms with Crippen LogP contribution in [0.5, 0.6) is 0 Å². The van der Waals surface area contributed by atoms with Crippen molar-refractivity contribution < 1.29 is 33.4 Å². The minimum Gasteiger partial charge on any atom is -0.394 e. The molecule has 0 saturated heterocycles. The molecule has 0 radical (unpaired) electrons. The second kappa shape index (κ2) is 5.98. The Balaban J connectivity index is 3.79. The van der Waals surface area contributed by atoms with Crippen LogP contribution in [0.1, 0.15) is 0 Å². The number of rotatable bonds is 6. The van der Waals surface area contributed by atoms with Crippen molar-refractivity contribution in [3.05, 3.63) is 0 Å². The third-order valence-corrected chi connectivity index (χ3v) is 1.89. The van der Waals surface area contributed by atoms with Crippen LogP contribution in [-0.2, 0) is 13.6 Å². The van der Waals surface area contributed by atoms with Gasteiger partial charge in [0.15, 0.2) is 0 Å². The van der Waals surface area contributed by atoms with Crippen LogP contribution in [0, 0.1) is 0 Å². The molecule has 6 N–H and O–H groups in total. The van der Waals surface area contributed by atoms with Gasteiger partial charge in [-0.15, -0.1) is 0 Å². The maximum Gasteiger partial charge on any atom is 0.469 e. The highest BCUT2D eigenvalue weighted by atomic mass is 31.2. The van der Waals surface area contributed by atoms with E-state index in [1.165, 1.54) is 0 Å². The van der Waals surface area contributed by atoms with Crippen LogP contribution in [0.2, 0.25) is 0 Å². The first-order valence-electron chi connectivity index (χ1n) is 3.06. The molecule has 8 nitrogen and oxygen atoms in total. The molecular formula is C3H11NO7P2. The molecule has 2 atom stereocenters. The summed E-state index contributed by atoms with van der Waals surface area (Å²) in [6, 6.07) is 0. The number of aliphatic hydroxyl groups excluding tert-OH is 1. The Morgan fingerprint density at radius 3 is 2.38 bits per heavy atom. The predicted molar refractivity (Wildman–Crippen MR) is 43.3 cm³/mol. The topological polar surface area (TPSA) is 142 Å². The highest BCUT2D eigenvalue weighted by Crippen LogP contribution is 2.36. The molecule has 0 rings (SSSR count). The van der Waals surface area contributed by atoms with Crippen molar-refractivity contribution in [2.75, 3.05) is 13.2 Å². The summed E-state index contributed by atoms with van der Waals surface area (Å²) in [5.74, 6) is 0. The summed E-state index contributed by atoms with van der Waals surface area (Å²) in [5.41, 5.74) is 4.85. The maximum atomic E-state index is 10.2. The van der Waals surface area contributed by atoms with Crippen LogP contribution in [-0.4, -0.2) is 39.1 Å². The third-order valence-electron chi connectivity index (χ3n) is 0.889. The van der Waals surface area contributed by atoms with Crippen LogP contribution >= 0.6 is 16.3 Å². The number of aliphatic hydroxyl groups is 1. The monoisotopic (exact) mass is 235 g/mol. The molecule has 0 aromatic rings. The van der Waals surface area contributed by atoms with Gasteiger partial charge in [-0.25, -0.2) is 4.57 Å². The van der Waals surface area contributed by atoms with Crippen LogP contribution in [0.3, 0.4) is 0 Å². The van der Waals surface area contributed by atoms with Crippen molar-refractivity contribution in [2.24, 2.45) is 5.50 Å². The van der Waals surface area contributed by atoms with Gasteiger partial charge in [0.2, 0.25) is 0 Å². The molecule has 0 saturated carbocycles. The van der Waals surface area contributed by atoms with Crippen molar-refractivity contribution >= 4 is 16.3 Å². The molecule has 0 aromatic carbocycles. The van der Waals surface area contributed by atoms with E-state index in [2.05, 4.69) is 9.05 Å². The summed E-state index contributed by atoms with van der Waals surface area (Å²) in [7, 11) is -6.77. The lowest BCUT2D eigenvalue weighted by Crippen LogP contribution is -2.22. The van der Waals surface area contributed by atoms with E-state index in [1.807, 2.05) is 0 Å². The van der Waals surface area contributed by atoms with Gasteiger partial charge < -0.3 is 24.3 Å². The quantitative estimate of drug-likeness (QED) is 0.355. The summed E-state index contributed by atoms with van der Waals surface area (Å²) >= 11 is 0. The first-order valence-corrected chi connectivity index (χ1v) is 5.87. The Bertz CT molecular complexity index is 181. The largest absolute Gasteiger partial charge is 0.469 e. The molecule has 0 aromatic heterocycles. The number of phosphoric ester groups is 1. The van der Waals surface area contributed by atoms with Crippen LogP contribution in [0.15, 0.2) is 0 Å². The van der Waals surface area contributed by atoms with E-state index in [0.717, 1.165) is 0 Å². The first-order chi connectivity index (χ1) is 5.85. The Kier molecular flexibility index (Phi) is 6.15. The van der Waals surface area contributed by atoms with Crippen LogP contribution < -0.4 is 5.50 Å². The average Bonchev–Trinajstić information content (AvgIpc) is 1.95. The fourth-order valence-corrected chi connectivity index (χ4v) is 1.24. The number of nitrogens with two attached hydrogens (primary N) is 1. The third kappa shape index (κ3) is 8.70. The molecule has 0 aliphatic carbocycles. The van der Waals surface area contributed by atoms with Gasteiger partial charge in [-0.3, -0.25) is 10.0 Å². The number of hydrogen-bond donors (Lipinski definition) is 5. The summed E-state index contributed by atoms with van der Waals surface area (Å²) in [5, 5.41) is 8.56. The van der Waals surface area contributed by atoms with E-state index < -0.39 is 35.7 Å². The molecule has 0 aliphatic rings. The first kappa shape index (κ1) is 13.4. The van der Waals surface area contributed by atoms with Gasteiger partial charge in [0.1, 0.15) is 6.10 Å². The molecule has 0 heterocycles. The fourth-order valence-electron chi connectivity index (χ4n) is 0.449. The fraction of sp³-hybridized carbons (Fsp3) is 1.00. The molecule has 80 valence electrons. The normalized spacial score (nSPS) is 17.0. The lowest BCUT2D eigenvalue weighted by Gasteiger charge is -2.16. The summed E-state index contributed by atoms with van der Waals surface area (Å²) in [4.78, 5) is 25.1. The molecule has 0 aliphatic heterocycles. The Labute approximate surface area is 75.5 Å². The SMILES string of the molecule is NP(O)OC(CO)COP(=O)(O)O. The van der Waals surface area contributed by atoms with Crippen molar-refractivity contribution in [1.29, 1.82) is 0 Å². The van der Waals surface area contributed by atoms with Gasteiger partial charge in [-0.1, -0.05) is 0 Å². The van der Waals surface area contributed by atoms with Crippen molar-refractivity contribution in [2.45, 2.75) is 6.10 Å². The number of hydrogen-bond acceptors (Lipinski definition) is 6. The van der Waals surface area contributed by atoms with E-state index >= 15 is 0 Å². The van der Waals surface area contributed by atoms with Crippen LogP contribution in [0.4, 0.5) is 0 Å². The van der Waals surface area contributed by atoms with Gasteiger partial charge in [-0.05, 0) is 0 Å². The lowest BCUT2D eigenvalue weighted by atomic mass is 10.4. The van der Waals surface area contributed by atoms with Crippen molar-refractivity contribution in [1.82, 2.24) is 0 Å². The molecule has 0 spiro atoms. The average molecular weight is 235 g/mol.